The summed E-state index contributed by atoms with van der Waals surface area (Å²) in [6, 6.07) is 0. The molecule has 6 heteroatoms. The van der Waals surface area contributed by atoms with Crippen LogP contribution in [0.3, 0.4) is 0 Å². The van der Waals surface area contributed by atoms with E-state index >= 15 is 0 Å². The van der Waals surface area contributed by atoms with Crippen molar-refractivity contribution in [2.75, 3.05) is 26.7 Å². The molecule has 19 heavy (non-hydrogen) atoms. The maximum absolute atomic E-state index is 11.9. The Morgan fingerprint density at radius 1 is 1.37 bits per heavy atom. The third-order valence-corrected chi connectivity index (χ3v) is 2.95. The number of nitrogens with one attached hydrogen (secondary N) is 2. The minimum atomic E-state index is -0.254. The van der Waals surface area contributed by atoms with Crippen LogP contribution in [-0.4, -0.2) is 48.9 Å². The molecule has 0 bridgehead atoms. The molecule has 0 aromatic heterocycles. The van der Waals surface area contributed by atoms with Crippen molar-refractivity contribution < 1.29 is 9.59 Å². The SMILES string of the molecule is CN(CC(=O)NC(C)(C)C)C(=O)CC1CCNC1.Cl. The lowest BCUT2D eigenvalue weighted by atomic mass is 10.0. The highest BCUT2D eigenvalue weighted by Crippen LogP contribution is 2.13. The first kappa shape index (κ1) is 18.2. The van der Waals surface area contributed by atoms with Crippen molar-refractivity contribution in [3.05, 3.63) is 0 Å². The molecular weight excluding hydrogens is 266 g/mol. The van der Waals surface area contributed by atoms with Crippen molar-refractivity contribution in [3.8, 4) is 0 Å². The number of carbonyl (C=O) groups is 2. The molecule has 2 amide bonds. The van der Waals surface area contributed by atoms with Crippen LogP contribution in [0.25, 0.3) is 0 Å². The van der Waals surface area contributed by atoms with E-state index in [1.165, 1.54) is 4.90 Å². The van der Waals surface area contributed by atoms with E-state index < -0.39 is 0 Å². The van der Waals surface area contributed by atoms with Crippen LogP contribution in [0.15, 0.2) is 0 Å². The average molecular weight is 292 g/mol. The summed E-state index contributed by atoms with van der Waals surface area (Å²) in [6.07, 6.45) is 1.58. The van der Waals surface area contributed by atoms with Gasteiger partial charge in [0.1, 0.15) is 0 Å². The van der Waals surface area contributed by atoms with Crippen LogP contribution in [0.1, 0.15) is 33.6 Å². The molecule has 1 unspecified atom stereocenters. The zero-order valence-corrected chi connectivity index (χ0v) is 13.1. The van der Waals surface area contributed by atoms with Crippen LogP contribution in [0.2, 0.25) is 0 Å². The van der Waals surface area contributed by atoms with Gasteiger partial charge in [-0.2, -0.15) is 0 Å². The second kappa shape index (κ2) is 7.70. The summed E-state index contributed by atoms with van der Waals surface area (Å²) < 4.78 is 0. The predicted molar refractivity (Wildman–Crippen MR) is 78.4 cm³/mol. The quantitative estimate of drug-likeness (QED) is 0.805. The normalized spacial score (nSPS) is 18.6. The fourth-order valence-corrected chi connectivity index (χ4v) is 2.05. The summed E-state index contributed by atoms with van der Waals surface area (Å²) >= 11 is 0. The van der Waals surface area contributed by atoms with Gasteiger partial charge in [0.2, 0.25) is 11.8 Å². The zero-order chi connectivity index (χ0) is 13.8. The maximum Gasteiger partial charge on any atom is 0.240 e. The number of amides is 2. The highest BCUT2D eigenvalue weighted by atomic mass is 35.5. The van der Waals surface area contributed by atoms with Crippen LogP contribution in [0.4, 0.5) is 0 Å². The summed E-state index contributed by atoms with van der Waals surface area (Å²) in [4.78, 5) is 25.1. The van der Waals surface area contributed by atoms with E-state index in [4.69, 9.17) is 0 Å². The summed E-state index contributed by atoms with van der Waals surface area (Å²) in [5.74, 6) is 0.362. The highest BCUT2D eigenvalue weighted by molar-refractivity contribution is 5.85. The van der Waals surface area contributed by atoms with Crippen LogP contribution >= 0.6 is 12.4 Å². The second-order valence-corrected chi connectivity index (χ2v) is 6.11. The van der Waals surface area contributed by atoms with Gasteiger partial charge in [0.05, 0.1) is 6.54 Å². The molecule has 1 aliphatic rings. The van der Waals surface area contributed by atoms with E-state index in [2.05, 4.69) is 10.6 Å². The Balaban J connectivity index is 0.00000324. The molecule has 0 aromatic carbocycles. The van der Waals surface area contributed by atoms with Crippen molar-refractivity contribution in [2.45, 2.75) is 39.2 Å². The second-order valence-electron chi connectivity index (χ2n) is 6.11. The molecule has 1 atom stereocenters. The monoisotopic (exact) mass is 291 g/mol. The molecule has 1 rings (SSSR count). The Hall–Kier alpha value is -0.810. The van der Waals surface area contributed by atoms with Gasteiger partial charge >= 0.3 is 0 Å². The first-order chi connectivity index (χ1) is 8.28. The number of hydrogen-bond donors (Lipinski definition) is 2. The van der Waals surface area contributed by atoms with E-state index in [0.717, 1.165) is 19.5 Å². The minimum Gasteiger partial charge on any atom is -0.350 e. The number of carbonyl (C=O) groups excluding carboxylic acids is 2. The van der Waals surface area contributed by atoms with Crippen LogP contribution in [0, 0.1) is 5.92 Å². The molecule has 5 nitrogen and oxygen atoms in total. The van der Waals surface area contributed by atoms with E-state index in [1.54, 1.807) is 7.05 Å². The molecule has 0 radical (unpaired) electrons. The number of nitrogens with zero attached hydrogens (tertiary/aromatic N) is 1. The average Bonchev–Trinajstić information content (AvgIpc) is 2.66. The van der Waals surface area contributed by atoms with E-state index in [0.29, 0.717) is 12.3 Å². The Morgan fingerprint density at radius 2 is 2.00 bits per heavy atom. The smallest absolute Gasteiger partial charge is 0.240 e. The van der Waals surface area contributed by atoms with Gasteiger partial charge in [-0.15, -0.1) is 12.4 Å². The number of hydrogen-bond acceptors (Lipinski definition) is 3. The molecule has 0 saturated carbocycles. The van der Waals surface area contributed by atoms with Gasteiger partial charge in [-0.05, 0) is 46.2 Å². The molecule has 2 N–H and O–H groups in total. The van der Waals surface area contributed by atoms with E-state index in [-0.39, 0.29) is 36.3 Å². The molecular formula is C13H26ClN3O2. The minimum absolute atomic E-state index is 0. The van der Waals surface area contributed by atoms with Crippen molar-refractivity contribution in [3.63, 3.8) is 0 Å². The summed E-state index contributed by atoms with van der Waals surface area (Å²) in [5, 5.41) is 6.09. The first-order valence-electron chi connectivity index (χ1n) is 6.53. The van der Waals surface area contributed by atoms with Gasteiger partial charge in [-0.3, -0.25) is 9.59 Å². The highest BCUT2D eigenvalue weighted by Gasteiger charge is 2.22. The van der Waals surface area contributed by atoms with E-state index in [9.17, 15) is 9.59 Å². The standard InChI is InChI=1S/C13H25N3O2.ClH/c1-13(2,3)15-11(17)9-16(4)12(18)7-10-5-6-14-8-10;/h10,14H,5-9H2,1-4H3,(H,15,17);1H. The Morgan fingerprint density at radius 3 is 2.47 bits per heavy atom. The van der Waals surface area contributed by atoms with Gasteiger partial charge in [0.15, 0.2) is 0 Å². The van der Waals surface area contributed by atoms with Crippen LogP contribution < -0.4 is 10.6 Å². The van der Waals surface area contributed by atoms with Crippen molar-refractivity contribution in [1.82, 2.24) is 15.5 Å². The molecule has 0 spiro atoms. The number of likely N-dealkylation sites (N-methyl/N-ethyl adjacent to an activating group) is 1. The topological polar surface area (TPSA) is 61.4 Å². The van der Waals surface area contributed by atoms with Crippen molar-refractivity contribution in [2.24, 2.45) is 5.92 Å². The molecule has 1 heterocycles. The van der Waals surface area contributed by atoms with Crippen LogP contribution in [-0.2, 0) is 9.59 Å². The van der Waals surface area contributed by atoms with Gasteiger partial charge in [-0.1, -0.05) is 0 Å². The summed E-state index contributed by atoms with van der Waals surface area (Å²) in [6.45, 7) is 7.82. The van der Waals surface area contributed by atoms with Crippen molar-refractivity contribution in [1.29, 1.82) is 0 Å². The maximum atomic E-state index is 11.9. The van der Waals surface area contributed by atoms with E-state index in [1.807, 2.05) is 20.8 Å². The van der Waals surface area contributed by atoms with Gasteiger partial charge in [-0.25, -0.2) is 0 Å². The molecule has 112 valence electrons. The lowest BCUT2D eigenvalue weighted by molar-refractivity contribution is -0.135. The lowest BCUT2D eigenvalue weighted by Crippen LogP contribution is -2.46. The molecule has 0 aliphatic carbocycles. The summed E-state index contributed by atoms with van der Waals surface area (Å²) in [7, 11) is 1.69. The predicted octanol–water partition coefficient (Wildman–Crippen LogP) is 0.781. The van der Waals surface area contributed by atoms with Gasteiger partial charge < -0.3 is 15.5 Å². The Bertz CT molecular complexity index is 310. The van der Waals surface area contributed by atoms with Crippen LogP contribution in [0.5, 0.6) is 0 Å². The number of halogens is 1. The molecule has 1 fully saturated rings. The molecule has 1 aliphatic heterocycles. The largest absolute Gasteiger partial charge is 0.350 e. The fourth-order valence-electron chi connectivity index (χ4n) is 2.05. The Labute approximate surface area is 121 Å². The first-order valence-corrected chi connectivity index (χ1v) is 6.53. The molecule has 0 aromatic rings. The third-order valence-electron chi connectivity index (χ3n) is 2.95. The number of rotatable bonds is 4. The van der Waals surface area contributed by atoms with Gasteiger partial charge in [0, 0.05) is 19.0 Å². The fraction of sp³-hybridized carbons (Fsp3) is 0.846. The van der Waals surface area contributed by atoms with Gasteiger partial charge in [0.25, 0.3) is 0 Å². The Kier molecular flexibility index (Phi) is 7.37. The van der Waals surface area contributed by atoms with Crippen molar-refractivity contribution >= 4 is 24.2 Å². The summed E-state index contributed by atoms with van der Waals surface area (Å²) in [5.41, 5.74) is -0.254. The third kappa shape index (κ3) is 7.38. The zero-order valence-electron chi connectivity index (χ0n) is 12.3. The lowest BCUT2D eigenvalue weighted by Gasteiger charge is -2.24. The molecule has 1 saturated heterocycles.